The van der Waals surface area contributed by atoms with E-state index in [2.05, 4.69) is 12.6 Å². The minimum Gasteiger partial charge on any atom is -0.330 e. The number of hydrogen-bond acceptors (Lipinski definition) is 7. The van der Waals surface area contributed by atoms with Crippen molar-refractivity contribution in [1.29, 1.82) is 0 Å². The Bertz CT molecular complexity index is 830. The van der Waals surface area contributed by atoms with Crippen molar-refractivity contribution in [3.05, 3.63) is 42.0 Å². The van der Waals surface area contributed by atoms with Gasteiger partial charge in [0.2, 0.25) is 0 Å². The molecule has 9 heteroatoms. The molecule has 1 unspecified atom stereocenters. The zero-order chi connectivity index (χ0) is 19.6. The van der Waals surface area contributed by atoms with E-state index in [9.17, 15) is 24.0 Å². The van der Waals surface area contributed by atoms with Gasteiger partial charge in [0.1, 0.15) is 0 Å². The van der Waals surface area contributed by atoms with Gasteiger partial charge in [0, 0.05) is 18.6 Å². The van der Waals surface area contributed by atoms with Gasteiger partial charge < -0.3 is 4.84 Å². The summed E-state index contributed by atoms with van der Waals surface area (Å²) in [6.07, 6.45) is 3.37. The van der Waals surface area contributed by atoms with E-state index in [1.54, 1.807) is 24.3 Å². The second-order valence-electron chi connectivity index (χ2n) is 6.07. The predicted octanol–water partition coefficient (Wildman–Crippen LogP) is 0.954. The molecular weight excluding hydrogens is 372 g/mol. The van der Waals surface area contributed by atoms with E-state index in [4.69, 9.17) is 4.84 Å². The van der Waals surface area contributed by atoms with Gasteiger partial charge in [-0.2, -0.15) is 12.6 Å². The topological polar surface area (TPSA) is 101 Å². The van der Waals surface area contributed by atoms with Crippen LogP contribution in [0.1, 0.15) is 24.8 Å². The number of benzene rings is 1. The Labute approximate surface area is 160 Å². The van der Waals surface area contributed by atoms with E-state index >= 15 is 0 Å². The number of hydroxylamine groups is 2. The molecule has 1 fully saturated rings. The SMILES string of the molecule is O=C(CCCc1ccc(N2C(=O)C=CC2=O)cc1)ON1C(=O)CC(S)C1=O. The van der Waals surface area contributed by atoms with Crippen LogP contribution in [0.2, 0.25) is 0 Å². The van der Waals surface area contributed by atoms with Gasteiger partial charge in [-0.3, -0.25) is 19.2 Å². The summed E-state index contributed by atoms with van der Waals surface area (Å²) in [5, 5.41) is -0.291. The average molecular weight is 388 g/mol. The number of rotatable bonds is 6. The largest absolute Gasteiger partial charge is 0.333 e. The maximum atomic E-state index is 11.8. The van der Waals surface area contributed by atoms with Gasteiger partial charge in [-0.1, -0.05) is 12.1 Å². The first-order valence-electron chi connectivity index (χ1n) is 8.27. The lowest BCUT2D eigenvalue weighted by atomic mass is 10.1. The second-order valence-corrected chi connectivity index (χ2v) is 6.70. The molecule has 3 rings (SSSR count). The summed E-state index contributed by atoms with van der Waals surface area (Å²) in [5.41, 5.74) is 1.38. The van der Waals surface area contributed by atoms with Crippen LogP contribution in [0.3, 0.4) is 0 Å². The third-order valence-electron chi connectivity index (χ3n) is 4.12. The van der Waals surface area contributed by atoms with Gasteiger partial charge in [0.05, 0.1) is 17.4 Å². The van der Waals surface area contributed by atoms with Crippen LogP contribution >= 0.6 is 12.6 Å². The van der Waals surface area contributed by atoms with Gasteiger partial charge in [-0.25, -0.2) is 9.69 Å². The third-order valence-corrected chi connectivity index (χ3v) is 4.53. The zero-order valence-electron chi connectivity index (χ0n) is 14.2. The number of imide groups is 2. The van der Waals surface area contributed by atoms with E-state index in [0.29, 0.717) is 23.6 Å². The molecule has 8 nitrogen and oxygen atoms in total. The highest BCUT2D eigenvalue weighted by atomic mass is 32.1. The summed E-state index contributed by atoms with van der Waals surface area (Å²) < 4.78 is 0. The summed E-state index contributed by atoms with van der Waals surface area (Å²) in [6, 6.07) is 6.84. The number of carbonyl (C=O) groups is 5. The Morgan fingerprint density at radius 2 is 1.70 bits per heavy atom. The van der Waals surface area contributed by atoms with Crippen molar-refractivity contribution in [2.75, 3.05) is 4.90 Å². The molecule has 0 spiro atoms. The molecule has 140 valence electrons. The predicted molar refractivity (Wildman–Crippen MR) is 96.3 cm³/mol. The average Bonchev–Trinajstić information content (AvgIpc) is 3.09. The van der Waals surface area contributed by atoms with Gasteiger partial charge >= 0.3 is 5.97 Å². The van der Waals surface area contributed by atoms with Crippen molar-refractivity contribution in [2.24, 2.45) is 0 Å². The summed E-state index contributed by atoms with van der Waals surface area (Å²) in [4.78, 5) is 64.1. The fraction of sp³-hybridized carbons (Fsp3) is 0.278. The molecule has 0 aromatic heterocycles. The molecule has 0 radical (unpaired) electrons. The Hall–Kier alpha value is -2.94. The third kappa shape index (κ3) is 4.08. The van der Waals surface area contributed by atoms with Crippen LogP contribution in [0.25, 0.3) is 0 Å². The van der Waals surface area contributed by atoms with Gasteiger partial charge in [-0.15, -0.1) is 5.06 Å². The quantitative estimate of drug-likeness (QED) is 0.575. The molecule has 0 N–H and O–H groups in total. The van der Waals surface area contributed by atoms with Crippen molar-refractivity contribution >= 4 is 47.9 Å². The number of hydrogen-bond donors (Lipinski definition) is 1. The lowest BCUT2D eigenvalue weighted by Crippen LogP contribution is -2.33. The van der Waals surface area contributed by atoms with Crippen molar-refractivity contribution in [2.45, 2.75) is 30.9 Å². The molecule has 0 saturated carbocycles. The van der Waals surface area contributed by atoms with Crippen molar-refractivity contribution < 1.29 is 28.8 Å². The molecule has 1 aromatic rings. The fourth-order valence-electron chi connectivity index (χ4n) is 2.74. The van der Waals surface area contributed by atoms with Crippen LogP contribution in [0.5, 0.6) is 0 Å². The minimum atomic E-state index is -0.770. The molecule has 4 amide bonds. The highest BCUT2D eigenvalue weighted by Gasteiger charge is 2.39. The first kappa shape index (κ1) is 18.8. The number of nitrogens with zero attached hydrogens (tertiary/aromatic N) is 2. The lowest BCUT2D eigenvalue weighted by molar-refractivity contribution is -0.197. The van der Waals surface area contributed by atoms with Gasteiger partial charge in [-0.05, 0) is 30.5 Å². The lowest BCUT2D eigenvalue weighted by Gasteiger charge is -2.14. The maximum Gasteiger partial charge on any atom is 0.333 e. The summed E-state index contributed by atoms with van der Waals surface area (Å²) in [6.45, 7) is 0. The Balaban J connectivity index is 1.47. The number of carbonyl (C=O) groups excluding carboxylic acids is 5. The minimum absolute atomic E-state index is 0.0308. The molecule has 27 heavy (non-hydrogen) atoms. The monoisotopic (exact) mass is 388 g/mol. The van der Waals surface area contributed by atoms with E-state index in [-0.39, 0.29) is 24.7 Å². The molecule has 2 aliphatic rings. The van der Waals surface area contributed by atoms with Crippen LogP contribution in [0.15, 0.2) is 36.4 Å². The van der Waals surface area contributed by atoms with E-state index in [1.807, 2.05) is 0 Å². The molecule has 0 aliphatic carbocycles. The molecule has 1 atom stereocenters. The second kappa shape index (κ2) is 7.75. The van der Waals surface area contributed by atoms with E-state index in [0.717, 1.165) is 10.5 Å². The van der Waals surface area contributed by atoms with Crippen molar-refractivity contribution in [1.82, 2.24) is 5.06 Å². The van der Waals surface area contributed by atoms with Crippen LogP contribution in [0, 0.1) is 0 Å². The van der Waals surface area contributed by atoms with Crippen LogP contribution in [0.4, 0.5) is 5.69 Å². The molecule has 2 aliphatic heterocycles. The number of thiol groups is 1. The van der Waals surface area contributed by atoms with Gasteiger partial charge in [0.25, 0.3) is 23.6 Å². The van der Waals surface area contributed by atoms with Gasteiger partial charge in [0.15, 0.2) is 0 Å². The fourth-order valence-corrected chi connectivity index (χ4v) is 3.00. The Morgan fingerprint density at radius 1 is 1.07 bits per heavy atom. The van der Waals surface area contributed by atoms with E-state index < -0.39 is 23.0 Å². The van der Waals surface area contributed by atoms with Crippen LogP contribution in [-0.4, -0.2) is 39.9 Å². The number of amides is 4. The van der Waals surface area contributed by atoms with E-state index in [1.165, 1.54) is 12.2 Å². The number of anilines is 1. The molecule has 0 bridgehead atoms. The smallest absolute Gasteiger partial charge is 0.330 e. The standard InChI is InChI=1S/C18H16N2O6S/c21-14-8-9-15(22)19(14)12-6-4-11(5-7-12)2-1-3-17(24)26-20-16(23)10-13(27)18(20)25/h4-9,13,27H,1-3,10H2. The summed E-state index contributed by atoms with van der Waals surface area (Å²) in [5.74, 6) is -2.65. The van der Waals surface area contributed by atoms with Crippen LogP contribution in [-0.2, 0) is 35.2 Å². The first-order valence-corrected chi connectivity index (χ1v) is 8.79. The highest BCUT2D eigenvalue weighted by Crippen LogP contribution is 2.21. The Kier molecular flexibility index (Phi) is 5.41. The molecule has 1 aromatic carbocycles. The zero-order valence-corrected chi connectivity index (χ0v) is 15.1. The maximum absolute atomic E-state index is 11.8. The van der Waals surface area contributed by atoms with Crippen molar-refractivity contribution in [3.63, 3.8) is 0 Å². The molecular formula is C18H16N2O6S. The van der Waals surface area contributed by atoms with Crippen molar-refractivity contribution in [3.8, 4) is 0 Å². The molecule has 1 saturated heterocycles. The van der Waals surface area contributed by atoms with Crippen LogP contribution < -0.4 is 4.90 Å². The number of aryl methyl sites for hydroxylation is 1. The normalized spacial score (nSPS) is 19.4. The molecule has 2 heterocycles. The summed E-state index contributed by atoms with van der Waals surface area (Å²) in [7, 11) is 0. The first-order chi connectivity index (χ1) is 12.9. The summed E-state index contributed by atoms with van der Waals surface area (Å²) >= 11 is 3.95. The highest BCUT2D eigenvalue weighted by molar-refractivity contribution is 7.81. The Morgan fingerprint density at radius 3 is 2.26 bits per heavy atom.